The van der Waals surface area contributed by atoms with Crippen LogP contribution in [0.2, 0.25) is 0 Å². The van der Waals surface area contributed by atoms with Crippen molar-refractivity contribution in [2.45, 2.75) is 25.8 Å². The molecule has 0 saturated carbocycles. The van der Waals surface area contributed by atoms with Gasteiger partial charge in [-0.15, -0.1) is 0 Å². The quantitative estimate of drug-likeness (QED) is 0.590. The maximum atomic E-state index is 12.8. The van der Waals surface area contributed by atoms with Gasteiger partial charge in [-0.1, -0.05) is 92.7 Å². The van der Waals surface area contributed by atoms with Crippen LogP contribution in [0.4, 0.5) is 4.79 Å². The van der Waals surface area contributed by atoms with Gasteiger partial charge in [0, 0.05) is 11.3 Å². The Balaban J connectivity index is 1.51. The predicted molar refractivity (Wildman–Crippen MR) is 118 cm³/mol. The monoisotopic (exact) mass is 401 g/mol. The van der Waals surface area contributed by atoms with E-state index in [1.807, 2.05) is 68.4 Å². The van der Waals surface area contributed by atoms with Crippen LogP contribution in [-0.4, -0.2) is 24.4 Å². The predicted octanol–water partition coefficient (Wildman–Crippen LogP) is 5.28. The van der Waals surface area contributed by atoms with E-state index in [0.29, 0.717) is 0 Å². The molecule has 3 aromatic carbocycles. The highest BCUT2D eigenvalue weighted by atomic mass is 16.5. The van der Waals surface area contributed by atoms with Crippen molar-refractivity contribution >= 4 is 6.09 Å². The number of nitrogens with one attached hydrogen (secondary N) is 1. The van der Waals surface area contributed by atoms with Crippen molar-refractivity contribution < 1.29 is 14.6 Å². The minimum Gasteiger partial charge on any atom is -0.449 e. The molecule has 1 aliphatic carbocycles. The summed E-state index contributed by atoms with van der Waals surface area (Å²) in [6.45, 7) is 4.06. The lowest BCUT2D eigenvalue weighted by atomic mass is 9.81. The first-order valence-electron chi connectivity index (χ1n) is 10.3. The molecule has 0 fully saturated rings. The summed E-state index contributed by atoms with van der Waals surface area (Å²) in [6.07, 6.45) is -0.479. The Bertz CT molecular complexity index is 984. The summed E-state index contributed by atoms with van der Waals surface area (Å²) >= 11 is 0. The number of ether oxygens (including phenoxy) is 1. The van der Waals surface area contributed by atoms with E-state index in [9.17, 15) is 9.90 Å². The highest BCUT2D eigenvalue weighted by Gasteiger charge is 2.33. The number of alkyl carbamates (subject to hydrolysis) is 1. The van der Waals surface area contributed by atoms with E-state index in [4.69, 9.17) is 4.74 Å². The number of aliphatic hydroxyl groups excluding tert-OH is 1. The minimum atomic E-state index is -0.535. The van der Waals surface area contributed by atoms with Crippen molar-refractivity contribution in [2.24, 2.45) is 5.41 Å². The average molecular weight is 402 g/mol. The Labute approximate surface area is 177 Å². The number of rotatable bonds is 6. The van der Waals surface area contributed by atoms with Gasteiger partial charge in [0.1, 0.15) is 6.61 Å². The molecule has 4 heteroatoms. The fourth-order valence-electron chi connectivity index (χ4n) is 4.22. The summed E-state index contributed by atoms with van der Waals surface area (Å²) in [4.78, 5) is 12.8. The number of hydrogen-bond donors (Lipinski definition) is 2. The van der Waals surface area contributed by atoms with Crippen molar-refractivity contribution in [3.05, 3.63) is 95.6 Å². The van der Waals surface area contributed by atoms with Gasteiger partial charge in [0.2, 0.25) is 0 Å². The van der Waals surface area contributed by atoms with E-state index in [0.717, 1.165) is 5.56 Å². The van der Waals surface area contributed by atoms with E-state index in [1.54, 1.807) is 0 Å². The van der Waals surface area contributed by atoms with Crippen LogP contribution < -0.4 is 5.32 Å². The van der Waals surface area contributed by atoms with Crippen molar-refractivity contribution in [3.8, 4) is 11.1 Å². The summed E-state index contributed by atoms with van der Waals surface area (Å²) in [6, 6.07) is 25.9. The van der Waals surface area contributed by atoms with Crippen molar-refractivity contribution in [1.82, 2.24) is 5.32 Å². The normalized spacial score (nSPS) is 14.0. The van der Waals surface area contributed by atoms with Crippen LogP contribution in [-0.2, 0) is 4.74 Å². The molecule has 0 heterocycles. The third kappa shape index (κ3) is 3.83. The third-order valence-electron chi connectivity index (χ3n) is 5.93. The molecule has 1 aliphatic rings. The van der Waals surface area contributed by atoms with Crippen LogP contribution in [0, 0.1) is 5.41 Å². The highest BCUT2D eigenvalue weighted by Crippen LogP contribution is 2.44. The molecule has 4 rings (SSSR count). The largest absolute Gasteiger partial charge is 0.449 e. The molecule has 1 unspecified atom stereocenters. The van der Waals surface area contributed by atoms with Gasteiger partial charge < -0.3 is 15.2 Å². The lowest BCUT2D eigenvalue weighted by Gasteiger charge is -2.33. The van der Waals surface area contributed by atoms with Crippen LogP contribution in [0.15, 0.2) is 78.9 Å². The summed E-state index contributed by atoms with van der Waals surface area (Å²) < 4.78 is 5.70. The molecular weight excluding hydrogens is 374 g/mol. The molecule has 3 aromatic rings. The fourth-order valence-corrected chi connectivity index (χ4v) is 4.22. The number of carbonyl (C=O) groups excluding carboxylic acids is 1. The Kier molecular flexibility index (Phi) is 5.60. The van der Waals surface area contributed by atoms with Crippen LogP contribution in [0.3, 0.4) is 0 Å². The molecule has 0 bridgehead atoms. The molecule has 0 aliphatic heterocycles. The molecule has 1 atom stereocenters. The number of benzene rings is 3. The van der Waals surface area contributed by atoms with Gasteiger partial charge in [-0.3, -0.25) is 0 Å². The Morgan fingerprint density at radius 2 is 1.47 bits per heavy atom. The zero-order chi connectivity index (χ0) is 21.1. The maximum Gasteiger partial charge on any atom is 0.407 e. The first-order valence-corrected chi connectivity index (χ1v) is 10.3. The molecule has 1 amide bonds. The van der Waals surface area contributed by atoms with Gasteiger partial charge in [0.25, 0.3) is 0 Å². The van der Waals surface area contributed by atoms with Gasteiger partial charge in [0.05, 0.1) is 12.6 Å². The first-order chi connectivity index (χ1) is 14.5. The number of carbonyl (C=O) groups is 1. The lowest BCUT2D eigenvalue weighted by Crippen LogP contribution is -2.40. The molecule has 0 aromatic heterocycles. The van der Waals surface area contributed by atoms with E-state index in [2.05, 4.69) is 29.6 Å². The summed E-state index contributed by atoms with van der Waals surface area (Å²) in [5.41, 5.74) is 5.16. The second-order valence-electron chi connectivity index (χ2n) is 8.46. The average Bonchev–Trinajstić information content (AvgIpc) is 3.10. The first kappa shape index (κ1) is 20.2. The van der Waals surface area contributed by atoms with Crippen LogP contribution in [0.5, 0.6) is 0 Å². The lowest BCUT2D eigenvalue weighted by molar-refractivity contribution is 0.0967. The third-order valence-corrected chi connectivity index (χ3v) is 5.93. The standard InChI is InChI=1S/C26H27NO3/c1-26(2,17-28)24(18-10-4-3-5-11-18)27-25(29)30-16-23-21-14-8-6-12-19(21)20-13-7-9-15-22(20)23/h3-15,23-24,28H,16-17H2,1-2H3,(H,27,29). The molecule has 2 N–H and O–H groups in total. The zero-order valence-electron chi connectivity index (χ0n) is 17.3. The Morgan fingerprint density at radius 3 is 2.03 bits per heavy atom. The van der Waals surface area contributed by atoms with Crippen molar-refractivity contribution in [2.75, 3.05) is 13.2 Å². The van der Waals surface area contributed by atoms with E-state index < -0.39 is 11.5 Å². The number of fused-ring (bicyclic) bond motifs is 3. The molecule has 154 valence electrons. The van der Waals surface area contributed by atoms with E-state index >= 15 is 0 Å². The van der Waals surface area contributed by atoms with E-state index in [1.165, 1.54) is 22.3 Å². The van der Waals surface area contributed by atoms with Crippen LogP contribution in [0.1, 0.15) is 42.5 Å². The second-order valence-corrected chi connectivity index (χ2v) is 8.46. The topological polar surface area (TPSA) is 58.6 Å². The number of hydrogen-bond acceptors (Lipinski definition) is 3. The molecule has 0 saturated heterocycles. The fraction of sp³-hybridized carbons (Fsp3) is 0.269. The van der Waals surface area contributed by atoms with E-state index in [-0.39, 0.29) is 25.2 Å². The van der Waals surface area contributed by atoms with Crippen molar-refractivity contribution in [1.29, 1.82) is 0 Å². The molecule has 30 heavy (non-hydrogen) atoms. The maximum absolute atomic E-state index is 12.8. The number of aliphatic hydroxyl groups is 1. The minimum absolute atomic E-state index is 0.0178. The van der Waals surface area contributed by atoms with Gasteiger partial charge in [-0.05, 0) is 27.8 Å². The Hall–Kier alpha value is -3.11. The number of amides is 1. The SMILES string of the molecule is CC(C)(CO)C(NC(=O)OCC1c2ccccc2-c2ccccc21)c1ccccc1. The van der Waals surface area contributed by atoms with Gasteiger partial charge in [-0.2, -0.15) is 0 Å². The molecule has 0 radical (unpaired) electrons. The molecule has 0 spiro atoms. The van der Waals surface area contributed by atoms with Gasteiger partial charge >= 0.3 is 6.09 Å². The van der Waals surface area contributed by atoms with Crippen LogP contribution >= 0.6 is 0 Å². The summed E-state index contributed by atoms with van der Waals surface area (Å²) in [7, 11) is 0. The van der Waals surface area contributed by atoms with Gasteiger partial charge in [0.15, 0.2) is 0 Å². The summed E-state index contributed by atoms with van der Waals surface area (Å²) in [5.74, 6) is 0.0178. The summed E-state index contributed by atoms with van der Waals surface area (Å²) in [5, 5.41) is 12.8. The second kappa shape index (κ2) is 8.33. The Morgan fingerprint density at radius 1 is 0.933 bits per heavy atom. The van der Waals surface area contributed by atoms with Crippen molar-refractivity contribution in [3.63, 3.8) is 0 Å². The highest BCUT2D eigenvalue weighted by molar-refractivity contribution is 5.79. The zero-order valence-corrected chi connectivity index (χ0v) is 17.3. The molecular formula is C26H27NO3. The van der Waals surface area contributed by atoms with Crippen LogP contribution in [0.25, 0.3) is 11.1 Å². The smallest absolute Gasteiger partial charge is 0.407 e. The van der Waals surface area contributed by atoms with Gasteiger partial charge in [-0.25, -0.2) is 4.79 Å². The molecule has 4 nitrogen and oxygen atoms in total.